The summed E-state index contributed by atoms with van der Waals surface area (Å²) in [5, 5.41) is 0. The molecule has 0 unspecified atom stereocenters. The summed E-state index contributed by atoms with van der Waals surface area (Å²) in [4.78, 5) is 13.9. The molecule has 0 radical (unpaired) electrons. The van der Waals surface area contributed by atoms with Crippen molar-refractivity contribution in [3.63, 3.8) is 0 Å². The van der Waals surface area contributed by atoms with Crippen molar-refractivity contribution < 1.29 is 4.79 Å². The largest absolute Gasteiger partial charge is 0.315 e. The molecular weight excluding hydrogens is 234 g/mol. The topological polar surface area (TPSA) is 20.3 Å². The Morgan fingerprint density at radius 2 is 1.53 bits per heavy atom. The van der Waals surface area contributed by atoms with E-state index >= 15 is 0 Å². The van der Waals surface area contributed by atoms with E-state index in [2.05, 4.69) is 18.2 Å². The van der Waals surface area contributed by atoms with Crippen molar-refractivity contribution in [1.82, 2.24) is 0 Å². The summed E-state index contributed by atoms with van der Waals surface area (Å²) in [5.41, 5.74) is 3.16. The number of hydrogen-bond donors (Lipinski definition) is 0. The first kappa shape index (κ1) is 13.3. The van der Waals surface area contributed by atoms with Gasteiger partial charge in [-0.25, -0.2) is 0 Å². The van der Waals surface area contributed by atoms with Gasteiger partial charge in [-0.2, -0.15) is 0 Å². The summed E-state index contributed by atoms with van der Waals surface area (Å²) in [6, 6.07) is 18.1. The molecule has 0 saturated heterocycles. The van der Waals surface area contributed by atoms with Gasteiger partial charge in [-0.1, -0.05) is 62.4 Å². The lowest BCUT2D eigenvalue weighted by molar-refractivity contribution is -0.121. The molecule has 0 aliphatic rings. The molecule has 0 saturated carbocycles. The van der Waals surface area contributed by atoms with Gasteiger partial charge in [0.05, 0.1) is 5.69 Å². The Balaban J connectivity index is 2.45. The smallest absolute Gasteiger partial charge is 0.229 e. The Morgan fingerprint density at radius 3 is 2.16 bits per heavy atom. The van der Waals surface area contributed by atoms with Crippen LogP contribution in [0.25, 0.3) is 11.1 Å². The zero-order valence-corrected chi connectivity index (χ0v) is 11.6. The van der Waals surface area contributed by atoms with E-state index in [1.807, 2.05) is 57.3 Å². The maximum atomic E-state index is 12.2. The molecule has 2 rings (SSSR count). The van der Waals surface area contributed by atoms with E-state index in [4.69, 9.17) is 0 Å². The van der Waals surface area contributed by atoms with Crippen molar-refractivity contribution >= 4 is 11.6 Å². The number of amides is 1. The molecule has 0 spiro atoms. The Bertz CT molecular complexity index is 560. The highest BCUT2D eigenvalue weighted by Gasteiger charge is 2.17. The maximum Gasteiger partial charge on any atom is 0.229 e. The Hall–Kier alpha value is -2.09. The molecule has 98 valence electrons. The minimum absolute atomic E-state index is 0.00571. The van der Waals surface area contributed by atoms with Gasteiger partial charge >= 0.3 is 0 Å². The van der Waals surface area contributed by atoms with E-state index in [0.29, 0.717) is 0 Å². The Morgan fingerprint density at radius 1 is 0.947 bits per heavy atom. The van der Waals surface area contributed by atoms with E-state index in [9.17, 15) is 4.79 Å². The molecule has 0 bridgehead atoms. The number of carbonyl (C=O) groups excluding carboxylic acids is 1. The summed E-state index contributed by atoms with van der Waals surface area (Å²) < 4.78 is 0. The van der Waals surface area contributed by atoms with Gasteiger partial charge in [0, 0.05) is 18.5 Å². The highest BCUT2D eigenvalue weighted by molar-refractivity contribution is 5.98. The second-order valence-electron chi connectivity index (χ2n) is 4.94. The first-order chi connectivity index (χ1) is 9.11. The van der Waals surface area contributed by atoms with Crippen molar-refractivity contribution in [2.24, 2.45) is 5.92 Å². The van der Waals surface area contributed by atoms with Gasteiger partial charge < -0.3 is 4.90 Å². The maximum absolute atomic E-state index is 12.2. The zero-order valence-electron chi connectivity index (χ0n) is 11.6. The van der Waals surface area contributed by atoms with E-state index < -0.39 is 0 Å². The van der Waals surface area contributed by atoms with Gasteiger partial charge in [-0.05, 0) is 11.6 Å². The third kappa shape index (κ3) is 2.84. The van der Waals surface area contributed by atoms with Crippen molar-refractivity contribution in [2.75, 3.05) is 11.9 Å². The predicted octanol–water partition coefficient (Wildman–Crippen LogP) is 3.97. The van der Waals surface area contributed by atoms with Crippen LogP contribution in [0.3, 0.4) is 0 Å². The Labute approximate surface area is 114 Å². The van der Waals surface area contributed by atoms with Crippen molar-refractivity contribution in [3.8, 4) is 11.1 Å². The van der Waals surface area contributed by atoms with Gasteiger partial charge in [-0.3, -0.25) is 4.79 Å². The summed E-state index contributed by atoms with van der Waals surface area (Å²) >= 11 is 0. The van der Waals surface area contributed by atoms with Gasteiger partial charge in [0.15, 0.2) is 0 Å². The van der Waals surface area contributed by atoms with Crippen LogP contribution in [0.5, 0.6) is 0 Å². The fourth-order valence-electron chi connectivity index (χ4n) is 2.13. The summed E-state index contributed by atoms with van der Waals surface area (Å²) in [6.45, 7) is 3.84. The molecule has 2 aromatic carbocycles. The zero-order chi connectivity index (χ0) is 13.8. The number of hydrogen-bond acceptors (Lipinski definition) is 1. The molecule has 2 nitrogen and oxygen atoms in total. The summed E-state index contributed by atoms with van der Waals surface area (Å²) in [5.74, 6) is 0.122. The third-order valence-electron chi connectivity index (χ3n) is 3.17. The number of carbonyl (C=O) groups is 1. The summed E-state index contributed by atoms with van der Waals surface area (Å²) in [7, 11) is 1.84. The highest BCUT2D eigenvalue weighted by Crippen LogP contribution is 2.30. The molecule has 0 N–H and O–H groups in total. The van der Waals surface area contributed by atoms with Crippen molar-refractivity contribution in [3.05, 3.63) is 54.6 Å². The second-order valence-corrected chi connectivity index (χ2v) is 4.94. The van der Waals surface area contributed by atoms with Gasteiger partial charge in [0.1, 0.15) is 0 Å². The number of rotatable bonds is 3. The lowest BCUT2D eigenvalue weighted by atomic mass is 10.0. The molecule has 0 aliphatic heterocycles. The molecule has 0 fully saturated rings. The molecule has 19 heavy (non-hydrogen) atoms. The van der Waals surface area contributed by atoms with Crippen LogP contribution in [0.15, 0.2) is 54.6 Å². The quantitative estimate of drug-likeness (QED) is 0.810. The van der Waals surface area contributed by atoms with E-state index in [-0.39, 0.29) is 11.8 Å². The molecule has 2 aromatic rings. The molecular formula is C17H19NO. The lowest BCUT2D eigenvalue weighted by Crippen LogP contribution is -2.30. The standard InChI is InChI=1S/C17H19NO/c1-13(2)17(19)18(3)16-12-8-7-11-15(16)14-9-5-4-6-10-14/h4-13H,1-3H3. The van der Waals surface area contributed by atoms with Crippen LogP contribution in [0, 0.1) is 5.92 Å². The minimum atomic E-state index is -0.00571. The lowest BCUT2D eigenvalue weighted by Gasteiger charge is -2.22. The highest BCUT2D eigenvalue weighted by atomic mass is 16.2. The monoisotopic (exact) mass is 253 g/mol. The second kappa shape index (κ2) is 5.70. The predicted molar refractivity (Wildman–Crippen MR) is 80.1 cm³/mol. The average Bonchev–Trinajstić information content (AvgIpc) is 2.46. The number of nitrogens with zero attached hydrogens (tertiary/aromatic N) is 1. The molecule has 0 aromatic heterocycles. The SMILES string of the molecule is CC(C)C(=O)N(C)c1ccccc1-c1ccccc1. The van der Waals surface area contributed by atoms with Crippen LogP contribution in [0.2, 0.25) is 0 Å². The van der Waals surface area contributed by atoms with Crippen molar-refractivity contribution in [2.45, 2.75) is 13.8 Å². The molecule has 2 heteroatoms. The van der Waals surface area contributed by atoms with E-state index in [0.717, 1.165) is 16.8 Å². The van der Waals surface area contributed by atoms with Crippen LogP contribution in [-0.2, 0) is 4.79 Å². The molecule has 0 aliphatic carbocycles. The van der Waals surface area contributed by atoms with Crippen molar-refractivity contribution in [1.29, 1.82) is 0 Å². The summed E-state index contributed by atoms with van der Waals surface area (Å²) in [6.07, 6.45) is 0. The van der Waals surface area contributed by atoms with Crippen LogP contribution in [0.4, 0.5) is 5.69 Å². The van der Waals surface area contributed by atoms with Crippen LogP contribution < -0.4 is 4.90 Å². The Kier molecular flexibility index (Phi) is 4.00. The molecule has 1 amide bonds. The molecule has 0 heterocycles. The van der Waals surface area contributed by atoms with E-state index in [1.165, 1.54) is 0 Å². The van der Waals surface area contributed by atoms with Crippen LogP contribution in [-0.4, -0.2) is 13.0 Å². The van der Waals surface area contributed by atoms with Gasteiger partial charge in [0.25, 0.3) is 0 Å². The van der Waals surface area contributed by atoms with Crippen LogP contribution in [0.1, 0.15) is 13.8 Å². The van der Waals surface area contributed by atoms with Gasteiger partial charge in [0.2, 0.25) is 5.91 Å². The molecule has 0 atom stereocenters. The first-order valence-corrected chi connectivity index (χ1v) is 6.53. The van der Waals surface area contributed by atoms with Crippen LogP contribution >= 0.6 is 0 Å². The fraction of sp³-hybridized carbons (Fsp3) is 0.235. The first-order valence-electron chi connectivity index (χ1n) is 6.53. The fourth-order valence-corrected chi connectivity index (χ4v) is 2.13. The number of para-hydroxylation sites is 1. The normalized spacial score (nSPS) is 10.5. The number of anilines is 1. The third-order valence-corrected chi connectivity index (χ3v) is 3.17. The minimum Gasteiger partial charge on any atom is -0.315 e. The van der Waals surface area contributed by atoms with Gasteiger partial charge in [-0.15, -0.1) is 0 Å². The number of benzene rings is 2. The average molecular weight is 253 g/mol. The van der Waals surface area contributed by atoms with E-state index in [1.54, 1.807) is 4.90 Å².